The second-order valence-corrected chi connectivity index (χ2v) is 14.1. The Hall–Kier alpha value is -0.723. The third-order valence-electron chi connectivity index (χ3n) is 5.67. The van der Waals surface area contributed by atoms with E-state index in [4.69, 9.17) is 13.9 Å². The molecule has 5 heteroatoms. The largest absolute Gasteiger partial charge is 0.410 e. The average Bonchev–Trinajstić information content (AvgIpc) is 2.67. The van der Waals surface area contributed by atoms with Crippen molar-refractivity contribution in [2.75, 3.05) is 13.2 Å². The van der Waals surface area contributed by atoms with Crippen LogP contribution in [0.3, 0.4) is 0 Å². The molecule has 3 atom stereocenters. The number of ether oxygens (including phenoxy) is 2. The van der Waals surface area contributed by atoms with Gasteiger partial charge >= 0.3 is 0 Å². The zero-order chi connectivity index (χ0) is 19.6. The molecule has 0 bridgehead atoms. The molecular weight excluding hydrogens is 342 g/mol. The molecule has 0 aliphatic carbocycles. The van der Waals surface area contributed by atoms with E-state index in [1.54, 1.807) is 0 Å². The molecule has 1 aromatic carbocycles. The van der Waals surface area contributed by atoms with Crippen LogP contribution in [0, 0.1) is 0 Å². The molecule has 1 aliphatic heterocycles. The van der Waals surface area contributed by atoms with Crippen molar-refractivity contribution in [3.63, 3.8) is 0 Å². The van der Waals surface area contributed by atoms with Crippen molar-refractivity contribution in [1.82, 2.24) is 5.32 Å². The minimum Gasteiger partial charge on any atom is -0.410 e. The van der Waals surface area contributed by atoms with E-state index in [1.807, 2.05) is 19.9 Å². The molecule has 1 saturated heterocycles. The summed E-state index contributed by atoms with van der Waals surface area (Å²) < 4.78 is 18.8. The Morgan fingerprint density at radius 1 is 1.12 bits per heavy atom. The molecule has 3 unspecified atom stereocenters. The molecule has 26 heavy (non-hydrogen) atoms. The third-order valence-corrected chi connectivity index (χ3v) is 10.2. The van der Waals surface area contributed by atoms with Gasteiger partial charge in [-0.1, -0.05) is 51.1 Å². The molecule has 4 nitrogen and oxygen atoms in total. The van der Waals surface area contributed by atoms with E-state index in [0.29, 0.717) is 13.2 Å². The van der Waals surface area contributed by atoms with Gasteiger partial charge < -0.3 is 19.2 Å². The molecule has 1 aliphatic rings. The first kappa shape index (κ1) is 21.6. The Labute approximate surface area is 160 Å². The molecule has 1 heterocycles. The summed E-state index contributed by atoms with van der Waals surface area (Å²) in [6, 6.07) is 10.8. The van der Waals surface area contributed by atoms with E-state index in [-0.39, 0.29) is 23.2 Å². The normalized spacial score (nSPS) is 25.5. The lowest BCUT2D eigenvalue weighted by molar-refractivity contribution is -0.203. The quantitative estimate of drug-likeness (QED) is 0.740. The van der Waals surface area contributed by atoms with E-state index in [0.717, 1.165) is 0 Å². The fraction of sp³-hybridized carbons (Fsp3) is 0.714. The molecular formula is C21H37NO3Si. The summed E-state index contributed by atoms with van der Waals surface area (Å²) in [5, 5.41) is 3.89. The van der Waals surface area contributed by atoms with E-state index in [9.17, 15) is 0 Å². The Balaban J connectivity index is 2.17. The summed E-state index contributed by atoms with van der Waals surface area (Å²) in [7, 11) is -1.91. The number of hydrogen-bond acceptors (Lipinski definition) is 4. The molecule has 1 aromatic rings. The zero-order valence-electron chi connectivity index (χ0n) is 17.8. The first-order chi connectivity index (χ1) is 11.9. The van der Waals surface area contributed by atoms with Crippen LogP contribution >= 0.6 is 0 Å². The molecule has 0 aromatic heterocycles. The van der Waals surface area contributed by atoms with Crippen LogP contribution in [0.2, 0.25) is 18.1 Å². The first-order valence-corrected chi connectivity index (χ1v) is 12.6. The van der Waals surface area contributed by atoms with Crippen LogP contribution in [-0.4, -0.2) is 39.5 Å². The van der Waals surface area contributed by atoms with Crippen molar-refractivity contribution < 1.29 is 13.9 Å². The number of hydrogen-bond donors (Lipinski definition) is 1. The van der Waals surface area contributed by atoms with E-state index in [2.05, 4.69) is 70.4 Å². The topological polar surface area (TPSA) is 39.7 Å². The van der Waals surface area contributed by atoms with Gasteiger partial charge in [0.1, 0.15) is 0 Å². The van der Waals surface area contributed by atoms with E-state index >= 15 is 0 Å². The summed E-state index contributed by atoms with van der Waals surface area (Å²) in [6.07, 6.45) is -0.0242. The van der Waals surface area contributed by atoms with Gasteiger partial charge in [0.05, 0.1) is 25.4 Å². The fourth-order valence-corrected chi connectivity index (χ4v) is 4.17. The highest BCUT2D eigenvalue weighted by Crippen LogP contribution is 2.38. The van der Waals surface area contributed by atoms with Gasteiger partial charge in [-0.2, -0.15) is 0 Å². The maximum atomic E-state index is 6.74. The lowest BCUT2D eigenvalue weighted by atomic mass is 10.1. The second-order valence-electron chi connectivity index (χ2n) is 9.34. The monoisotopic (exact) mass is 379 g/mol. The molecule has 0 saturated carbocycles. The maximum Gasteiger partial charge on any atom is 0.192 e. The molecule has 0 spiro atoms. The van der Waals surface area contributed by atoms with Crippen LogP contribution in [-0.2, 0) is 13.9 Å². The van der Waals surface area contributed by atoms with Crippen LogP contribution in [0.5, 0.6) is 0 Å². The van der Waals surface area contributed by atoms with E-state index in [1.165, 1.54) is 5.56 Å². The van der Waals surface area contributed by atoms with Gasteiger partial charge in [-0.05, 0) is 44.5 Å². The molecule has 0 radical (unpaired) electrons. The van der Waals surface area contributed by atoms with E-state index < -0.39 is 14.1 Å². The maximum absolute atomic E-state index is 6.74. The Morgan fingerprint density at radius 2 is 1.69 bits per heavy atom. The van der Waals surface area contributed by atoms with Gasteiger partial charge in [0, 0.05) is 6.04 Å². The lowest BCUT2D eigenvalue weighted by Crippen LogP contribution is -2.53. The minimum absolute atomic E-state index is 0.0242. The summed E-state index contributed by atoms with van der Waals surface area (Å²) in [4.78, 5) is 0. The van der Waals surface area contributed by atoms with Gasteiger partial charge in [0.15, 0.2) is 14.1 Å². The van der Waals surface area contributed by atoms with Crippen LogP contribution in [0.4, 0.5) is 0 Å². The molecule has 0 amide bonds. The molecule has 1 N–H and O–H groups in total. The summed E-state index contributed by atoms with van der Waals surface area (Å²) in [5.74, 6) is -0.582. The van der Waals surface area contributed by atoms with Gasteiger partial charge in [0.25, 0.3) is 0 Å². The number of rotatable bonds is 5. The molecule has 1 fully saturated rings. The summed E-state index contributed by atoms with van der Waals surface area (Å²) in [6.45, 7) is 18.6. The van der Waals surface area contributed by atoms with Gasteiger partial charge in [0.2, 0.25) is 0 Å². The summed E-state index contributed by atoms with van der Waals surface area (Å²) >= 11 is 0. The van der Waals surface area contributed by atoms with Crippen molar-refractivity contribution in [3.8, 4) is 0 Å². The highest BCUT2D eigenvalue weighted by molar-refractivity contribution is 6.74. The van der Waals surface area contributed by atoms with Crippen molar-refractivity contribution in [1.29, 1.82) is 0 Å². The highest BCUT2D eigenvalue weighted by Gasteiger charge is 2.43. The van der Waals surface area contributed by atoms with Crippen LogP contribution in [0.25, 0.3) is 0 Å². The Bertz CT molecular complexity index is 568. The van der Waals surface area contributed by atoms with Crippen molar-refractivity contribution >= 4 is 8.32 Å². The third kappa shape index (κ3) is 5.63. The van der Waals surface area contributed by atoms with Crippen LogP contribution < -0.4 is 5.32 Å². The van der Waals surface area contributed by atoms with Gasteiger partial charge in [-0.15, -0.1) is 0 Å². The second kappa shape index (κ2) is 8.11. The minimum atomic E-state index is -1.91. The van der Waals surface area contributed by atoms with Crippen LogP contribution in [0.15, 0.2) is 30.3 Å². The SMILES string of the molecule is CC(NC1COC(C)(C)OCC1O[Si](C)(C)C(C)(C)C)c1ccccc1. The lowest BCUT2D eigenvalue weighted by Gasteiger charge is -2.41. The Morgan fingerprint density at radius 3 is 2.27 bits per heavy atom. The number of nitrogens with one attached hydrogen (secondary N) is 1. The average molecular weight is 380 g/mol. The Kier molecular flexibility index (Phi) is 6.73. The van der Waals surface area contributed by atoms with Crippen LogP contribution in [0.1, 0.15) is 53.1 Å². The number of benzene rings is 1. The predicted octanol–water partition coefficient (Wildman–Crippen LogP) is 4.88. The first-order valence-electron chi connectivity index (χ1n) is 9.68. The van der Waals surface area contributed by atoms with Crippen molar-refractivity contribution in [2.24, 2.45) is 0 Å². The van der Waals surface area contributed by atoms with Gasteiger partial charge in [-0.25, -0.2) is 0 Å². The standard InChI is InChI=1S/C21H37NO3Si/c1-16(17-12-10-9-11-13-17)22-18-14-23-21(5,6)24-15-19(18)25-26(7,8)20(2,3)4/h9-13,16,18-19,22H,14-15H2,1-8H3. The highest BCUT2D eigenvalue weighted by atomic mass is 28.4. The zero-order valence-corrected chi connectivity index (χ0v) is 18.8. The van der Waals surface area contributed by atoms with Crippen molar-refractivity contribution in [3.05, 3.63) is 35.9 Å². The molecule has 148 valence electrons. The summed E-state index contributed by atoms with van der Waals surface area (Å²) in [5.41, 5.74) is 1.27. The molecule has 2 rings (SSSR count). The fourth-order valence-electron chi connectivity index (χ4n) is 2.82. The predicted molar refractivity (Wildman–Crippen MR) is 110 cm³/mol. The van der Waals surface area contributed by atoms with Crippen molar-refractivity contribution in [2.45, 2.75) is 83.6 Å². The van der Waals surface area contributed by atoms with Gasteiger partial charge in [-0.3, -0.25) is 0 Å². The smallest absolute Gasteiger partial charge is 0.192 e.